The molecule has 21 heavy (non-hydrogen) atoms. The molecular weight excluding hydrogens is 264 g/mol. The number of carbonyl (C=O) groups is 1. The third-order valence-electron chi connectivity index (χ3n) is 4.33. The van der Waals surface area contributed by atoms with E-state index in [0.29, 0.717) is 12.3 Å². The van der Waals surface area contributed by atoms with E-state index in [4.69, 9.17) is 4.74 Å². The predicted octanol–water partition coefficient (Wildman–Crippen LogP) is 2.98. The first kappa shape index (κ1) is 14.0. The highest BCUT2D eigenvalue weighted by Gasteiger charge is 2.21. The number of aromatic nitrogens is 1. The van der Waals surface area contributed by atoms with Gasteiger partial charge < -0.3 is 14.6 Å². The minimum Gasteiger partial charge on any atom is -0.497 e. The van der Waals surface area contributed by atoms with Crippen LogP contribution in [-0.2, 0) is 11.2 Å². The van der Waals surface area contributed by atoms with Gasteiger partial charge in [0.1, 0.15) is 5.75 Å². The second-order valence-electron chi connectivity index (χ2n) is 5.99. The van der Waals surface area contributed by atoms with Crippen LogP contribution >= 0.6 is 0 Å². The number of ether oxygens (including phenoxy) is 1. The number of amides is 1. The zero-order valence-corrected chi connectivity index (χ0v) is 12.7. The summed E-state index contributed by atoms with van der Waals surface area (Å²) in [5.41, 5.74) is 2.10. The molecule has 3 rings (SSSR count). The molecule has 112 valence electrons. The molecule has 1 fully saturated rings. The molecule has 0 spiro atoms. The second kappa shape index (κ2) is 5.80. The van der Waals surface area contributed by atoms with Gasteiger partial charge in [-0.1, -0.05) is 6.92 Å². The van der Waals surface area contributed by atoms with Crippen LogP contribution in [0, 0.1) is 5.92 Å². The monoisotopic (exact) mass is 286 g/mol. The molecule has 2 aromatic rings. The van der Waals surface area contributed by atoms with Crippen LogP contribution < -0.4 is 4.74 Å². The number of H-pyrrole nitrogens is 1. The second-order valence-corrected chi connectivity index (χ2v) is 5.99. The summed E-state index contributed by atoms with van der Waals surface area (Å²) in [5.74, 6) is 1.67. The Morgan fingerprint density at radius 1 is 1.48 bits per heavy atom. The lowest BCUT2D eigenvalue weighted by Gasteiger charge is -2.31. The zero-order chi connectivity index (χ0) is 14.8. The van der Waals surface area contributed by atoms with Crippen LogP contribution in [0.4, 0.5) is 0 Å². The average Bonchev–Trinajstić information content (AvgIpc) is 2.89. The number of nitrogens with one attached hydrogen (secondary N) is 1. The average molecular weight is 286 g/mol. The van der Waals surface area contributed by atoms with E-state index >= 15 is 0 Å². The molecule has 0 bridgehead atoms. The van der Waals surface area contributed by atoms with Gasteiger partial charge in [-0.3, -0.25) is 4.79 Å². The highest BCUT2D eigenvalue weighted by atomic mass is 16.5. The summed E-state index contributed by atoms with van der Waals surface area (Å²) in [6.07, 6.45) is 4.75. The SMILES string of the molecule is COc1ccc2[nH]cc(CC(=O)N3CCCC(C)C3)c2c1. The van der Waals surface area contributed by atoms with Crippen molar-refractivity contribution in [1.82, 2.24) is 9.88 Å². The van der Waals surface area contributed by atoms with E-state index in [9.17, 15) is 4.79 Å². The first-order valence-electron chi connectivity index (χ1n) is 7.59. The third-order valence-corrected chi connectivity index (χ3v) is 4.33. The summed E-state index contributed by atoms with van der Waals surface area (Å²) >= 11 is 0. The summed E-state index contributed by atoms with van der Waals surface area (Å²) in [6.45, 7) is 4.01. The maximum atomic E-state index is 12.5. The van der Waals surface area contributed by atoms with Crippen molar-refractivity contribution in [3.05, 3.63) is 30.0 Å². The van der Waals surface area contributed by atoms with E-state index in [2.05, 4.69) is 11.9 Å². The van der Waals surface area contributed by atoms with Gasteiger partial charge in [-0.05, 0) is 42.5 Å². The van der Waals surface area contributed by atoms with Gasteiger partial charge in [-0.15, -0.1) is 0 Å². The Kier molecular flexibility index (Phi) is 3.86. The summed E-state index contributed by atoms with van der Waals surface area (Å²) in [4.78, 5) is 17.7. The number of hydrogen-bond donors (Lipinski definition) is 1. The topological polar surface area (TPSA) is 45.3 Å². The van der Waals surface area contributed by atoms with Crippen molar-refractivity contribution in [2.45, 2.75) is 26.2 Å². The molecule has 1 atom stereocenters. The number of fused-ring (bicyclic) bond motifs is 1. The van der Waals surface area contributed by atoms with Crippen molar-refractivity contribution in [2.24, 2.45) is 5.92 Å². The molecule has 1 aromatic carbocycles. The normalized spacial score (nSPS) is 19.0. The Morgan fingerprint density at radius 2 is 2.33 bits per heavy atom. The maximum absolute atomic E-state index is 12.5. The van der Waals surface area contributed by atoms with Crippen LogP contribution in [0.3, 0.4) is 0 Å². The molecule has 1 N–H and O–H groups in total. The minimum absolute atomic E-state index is 0.227. The van der Waals surface area contributed by atoms with E-state index < -0.39 is 0 Å². The van der Waals surface area contributed by atoms with Crippen LogP contribution in [-0.4, -0.2) is 36.0 Å². The Balaban J connectivity index is 1.79. The van der Waals surface area contributed by atoms with Crippen LogP contribution in [0.1, 0.15) is 25.3 Å². The van der Waals surface area contributed by atoms with E-state index in [1.165, 1.54) is 6.42 Å². The Bertz CT molecular complexity index is 647. The van der Waals surface area contributed by atoms with Crippen LogP contribution in [0.25, 0.3) is 10.9 Å². The fourth-order valence-electron chi connectivity index (χ4n) is 3.12. The minimum atomic E-state index is 0.227. The molecule has 0 aliphatic carbocycles. The van der Waals surface area contributed by atoms with Gasteiger partial charge in [-0.25, -0.2) is 0 Å². The summed E-state index contributed by atoms with van der Waals surface area (Å²) in [6, 6.07) is 5.91. The number of hydrogen-bond acceptors (Lipinski definition) is 2. The first-order valence-corrected chi connectivity index (χ1v) is 7.59. The molecule has 0 saturated carbocycles. The molecule has 2 heterocycles. The summed E-state index contributed by atoms with van der Waals surface area (Å²) < 4.78 is 5.27. The number of nitrogens with zero attached hydrogens (tertiary/aromatic N) is 1. The number of benzene rings is 1. The van der Waals surface area contributed by atoms with Crippen LogP contribution in [0.5, 0.6) is 5.75 Å². The van der Waals surface area contributed by atoms with Gasteiger partial charge in [0.25, 0.3) is 0 Å². The Morgan fingerprint density at radius 3 is 3.10 bits per heavy atom. The maximum Gasteiger partial charge on any atom is 0.227 e. The molecule has 4 heteroatoms. The largest absolute Gasteiger partial charge is 0.497 e. The first-order chi connectivity index (χ1) is 10.2. The number of likely N-dealkylation sites (tertiary alicyclic amines) is 1. The quantitative estimate of drug-likeness (QED) is 0.943. The molecule has 1 aromatic heterocycles. The molecule has 1 aliphatic heterocycles. The van der Waals surface area contributed by atoms with Gasteiger partial charge in [0, 0.05) is 30.2 Å². The van der Waals surface area contributed by atoms with Gasteiger partial charge in [0.2, 0.25) is 5.91 Å². The molecular formula is C17H22N2O2. The molecule has 4 nitrogen and oxygen atoms in total. The molecule has 1 unspecified atom stereocenters. The highest BCUT2D eigenvalue weighted by Crippen LogP contribution is 2.25. The van der Waals surface area contributed by atoms with Crippen LogP contribution in [0.15, 0.2) is 24.4 Å². The zero-order valence-electron chi connectivity index (χ0n) is 12.7. The van der Waals surface area contributed by atoms with Gasteiger partial charge in [0.15, 0.2) is 0 Å². The Labute approximate surface area is 125 Å². The lowest BCUT2D eigenvalue weighted by molar-refractivity contribution is -0.132. The molecule has 1 saturated heterocycles. The van der Waals surface area contributed by atoms with Crippen molar-refractivity contribution in [1.29, 1.82) is 0 Å². The third kappa shape index (κ3) is 2.89. The van der Waals surface area contributed by atoms with E-state index in [1.807, 2.05) is 29.3 Å². The summed E-state index contributed by atoms with van der Waals surface area (Å²) in [5, 5.41) is 1.08. The summed E-state index contributed by atoms with van der Waals surface area (Å²) in [7, 11) is 1.66. The Hall–Kier alpha value is -1.97. The van der Waals surface area contributed by atoms with Crippen LogP contribution in [0.2, 0.25) is 0 Å². The van der Waals surface area contributed by atoms with E-state index in [1.54, 1.807) is 7.11 Å². The molecule has 1 aliphatic rings. The number of aromatic amines is 1. The standard InChI is InChI=1S/C17H22N2O2/c1-12-4-3-7-19(11-12)17(20)8-13-10-18-16-6-5-14(21-2)9-15(13)16/h5-6,9-10,12,18H,3-4,7-8,11H2,1-2H3. The van der Waals surface area contributed by atoms with Gasteiger partial charge >= 0.3 is 0 Å². The van der Waals surface area contributed by atoms with Crippen molar-refractivity contribution >= 4 is 16.8 Å². The van der Waals surface area contributed by atoms with Gasteiger partial charge in [-0.2, -0.15) is 0 Å². The predicted molar refractivity (Wildman–Crippen MR) is 83.5 cm³/mol. The molecule has 1 amide bonds. The highest BCUT2D eigenvalue weighted by molar-refractivity contribution is 5.89. The van der Waals surface area contributed by atoms with Crippen molar-refractivity contribution < 1.29 is 9.53 Å². The lowest BCUT2D eigenvalue weighted by Crippen LogP contribution is -2.39. The van der Waals surface area contributed by atoms with E-state index in [-0.39, 0.29) is 5.91 Å². The smallest absolute Gasteiger partial charge is 0.227 e. The van der Waals surface area contributed by atoms with Crippen molar-refractivity contribution in [3.63, 3.8) is 0 Å². The van der Waals surface area contributed by atoms with Gasteiger partial charge in [0.05, 0.1) is 13.5 Å². The fraction of sp³-hybridized carbons (Fsp3) is 0.471. The molecule has 0 radical (unpaired) electrons. The van der Waals surface area contributed by atoms with E-state index in [0.717, 1.165) is 41.7 Å². The number of rotatable bonds is 3. The fourth-order valence-corrected chi connectivity index (χ4v) is 3.12. The number of piperidine rings is 1. The van der Waals surface area contributed by atoms with Crippen molar-refractivity contribution in [2.75, 3.05) is 20.2 Å². The number of methoxy groups -OCH3 is 1. The number of carbonyl (C=O) groups excluding carboxylic acids is 1. The lowest BCUT2D eigenvalue weighted by atomic mass is 9.99. The van der Waals surface area contributed by atoms with Crippen molar-refractivity contribution in [3.8, 4) is 5.75 Å².